The van der Waals surface area contributed by atoms with E-state index in [-0.39, 0.29) is 0 Å². The number of hydrogen-bond donors (Lipinski definition) is 1. The van der Waals surface area contributed by atoms with Crippen LogP contribution in [0.4, 0.5) is 0 Å². The molecule has 0 radical (unpaired) electrons. The molecule has 7 heteroatoms. The quantitative estimate of drug-likeness (QED) is 0.897. The molecular weight excluding hydrogens is 266 g/mol. The fourth-order valence-electron chi connectivity index (χ4n) is 1.22. The summed E-state index contributed by atoms with van der Waals surface area (Å²) in [6.45, 7) is 3.27. The van der Waals surface area contributed by atoms with Crippen LogP contribution in [0.15, 0.2) is 28.9 Å². The number of carboxylic acids is 1. The number of aliphatic carboxylic acids is 1. The molecule has 0 aliphatic carbocycles. The Morgan fingerprint density at radius 3 is 2.89 bits per heavy atom. The Hall–Kier alpha value is -1.89. The third-order valence-electron chi connectivity index (χ3n) is 2.43. The zero-order valence-electron chi connectivity index (χ0n) is 10.5. The van der Waals surface area contributed by atoms with E-state index in [0.29, 0.717) is 23.2 Å². The molecule has 0 aromatic carbocycles. The van der Waals surface area contributed by atoms with Crippen molar-refractivity contribution in [1.82, 2.24) is 15.1 Å². The van der Waals surface area contributed by atoms with Crippen LogP contribution in [0.3, 0.4) is 0 Å². The molecule has 0 amide bonds. The smallest absolute Gasteiger partial charge is 0.319 e. The highest BCUT2D eigenvalue weighted by atomic mass is 32.2. The van der Waals surface area contributed by atoms with Crippen molar-refractivity contribution >= 4 is 17.7 Å². The van der Waals surface area contributed by atoms with Crippen molar-refractivity contribution in [2.45, 2.75) is 24.3 Å². The van der Waals surface area contributed by atoms with Gasteiger partial charge in [-0.05, 0) is 26.0 Å². The van der Waals surface area contributed by atoms with E-state index in [9.17, 15) is 4.79 Å². The molecule has 1 N–H and O–H groups in total. The third-order valence-corrected chi connectivity index (χ3v) is 3.72. The topological polar surface area (TPSA) is 89.1 Å². The highest BCUT2D eigenvalue weighted by Gasteiger charge is 2.28. The van der Waals surface area contributed by atoms with Gasteiger partial charge in [0.2, 0.25) is 11.7 Å². The van der Waals surface area contributed by atoms with E-state index in [1.807, 2.05) is 6.07 Å². The number of carboxylic acid groups (broad SMARTS) is 1. The maximum atomic E-state index is 11.0. The van der Waals surface area contributed by atoms with Crippen LogP contribution in [-0.4, -0.2) is 30.9 Å². The van der Waals surface area contributed by atoms with Crippen LogP contribution < -0.4 is 0 Å². The fourth-order valence-corrected chi connectivity index (χ4v) is 1.94. The summed E-state index contributed by atoms with van der Waals surface area (Å²) < 4.78 is 4.19. The molecule has 2 heterocycles. The lowest BCUT2D eigenvalue weighted by atomic mass is 10.2. The molecular formula is C12H13N3O3S. The largest absolute Gasteiger partial charge is 0.480 e. The van der Waals surface area contributed by atoms with E-state index >= 15 is 0 Å². The summed E-state index contributed by atoms with van der Waals surface area (Å²) in [6.07, 6.45) is 1.65. The van der Waals surface area contributed by atoms with Gasteiger partial charge in [-0.2, -0.15) is 4.98 Å². The van der Waals surface area contributed by atoms with Crippen molar-refractivity contribution in [3.63, 3.8) is 0 Å². The first-order valence-corrected chi connectivity index (χ1v) is 6.59. The van der Waals surface area contributed by atoms with Crippen molar-refractivity contribution in [2.75, 3.05) is 0 Å². The first-order chi connectivity index (χ1) is 8.99. The molecule has 0 unspecified atom stereocenters. The van der Waals surface area contributed by atoms with Gasteiger partial charge in [0, 0.05) is 6.20 Å². The Bertz CT molecular complexity index is 569. The Morgan fingerprint density at radius 2 is 2.26 bits per heavy atom. The molecule has 0 bridgehead atoms. The molecule has 0 aliphatic rings. The lowest BCUT2D eigenvalue weighted by Crippen LogP contribution is -2.27. The van der Waals surface area contributed by atoms with Gasteiger partial charge >= 0.3 is 5.97 Å². The molecule has 2 aromatic rings. The predicted molar refractivity (Wildman–Crippen MR) is 70.5 cm³/mol. The zero-order valence-corrected chi connectivity index (χ0v) is 11.3. The Kier molecular flexibility index (Phi) is 3.84. The summed E-state index contributed by atoms with van der Waals surface area (Å²) in [5.41, 5.74) is 0.625. The molecule has 2 aromatic heterocycles. The second-order valence-corrected chi connectivity index (χ2v) is 5.93. The molecule has 0 saturated heterocycles. The van der Waals surface area contributed by atoms with Crippen LogP contribution in [0.1, 0.15) is 19.7 Å². The number of aromatic nitrogens is 3. The number of thioether (sulfide) groups is 1. The first kappa shape index (κ1) is 13.5. The summed E-state index contributed by atoms with van der Waals surface area (Å²) in [6, 6.07) is 5.42. The van der Waals surface area contributed by atoms with E-state index in [4.69, 9.17) is 9.63 Å². The minimum absolute atomic E-state index is 0.346. The molecule has 0 aliphatic heterocycles. The standard InChI is InChI=1S/C12H13N3O3S/c1-12(2,11(16)17)19-7-9-14-10(15-18-9)8-5-3-4-6-13-8/h3-6H,7H2,1-2H3,(H,16,17). The van der Waals surface area contributed by atoms with Gasteiger partial charge in [0.15, 0.2) is 0 Å². The molecule has 0 atom stereocenters. The van der Waals surface area contributed by atoms with E-state index < -0.39 is 10.7 Å². The third kappa shape index (κ3) is 3.31. The number of rotatable bonds is 5. The minimum Gasteiger partial charge on any atom is -0.480 e. The van der Waals surface area contributed by atoms with Crippen LogP contribution >= 0.6 is 11.8 Å². The van der Waals surface area contributed by atoms with Crippen LogP contribution in [0.5, 0.6) is 0 Å². The minimum atomic E-state index is -0.889. The van der Waals surface area contributed by atoms with Crippen LogP contribution in [0.2, 0.25) is 0 Å². The van der Waals surface area contributed by atoms with Gasteiger partial charge in [-0.15, -0.1) is 11.8 Å². The lowest BCUT2D eigenvalue weighted by molar-refractivity contribution is -0.138. The van der Waals surface area contributed by atoms with Crippen molar-refractivity contribution in [3.05, 3.63) is 30.3 Å². The van der Waals surface area contributed by atoms with Crippen LogP contribution in [0.25, 0.3) is 11.5 Å². The summed E-state index contributed by atoms with van der Waals surface area (Å²) in [7, 11) is 0. The average Bonchev–Trinajstić information content (AvgIpc) is 2.86. The fraction of sp³-hybridized carbons (Fsp3) is 0.333. The molecule has 0 saturated carbocycles. The molecule has 0 fully saturated rings. The van der Waals surface area contributed by atoms with Crippen molar-refractivity contribution in [2.24, 2.45) is 0 Å². The summed E-state index contributed by atoms with van der Waals surface area (Å²) >= 11 is 1.23. The van der Waals surface area contributed by atoms with Gasteiger partial charge in [0.1, 0.15) is 10.4 Å². The van der Waals surface area contributed by atoms with Crippen molar-refractivity contribution < 1.29 is 14.4 Å². The van der Waals surface area contributed by atoms with Gasteiger partial charge in [-0.1, -0.05) is 11.2 Å². The van der Waals surface area contributed by atoms with E-state index in [2.05, 4.69) is 15.1 Å². The normalized spacial score (nSPS) is 11.5. The Labute approximate surface area is 114 Å². The van der Waals surface area contributed by atoms with Gasteiger partial charge in [-0.25, -0.2) is 0 Å². The highest BCUT2D eigenvalue weighted by molar-refractivity contribution is 8.00. The Balaban J connectivity index is 2.05. The maximum Gasteiger partial charge on any atom is 0.319 e. The average molecular weight is 279 g/mol. The number of nitrogens with zero attached hydrogens (tertiary/aromatic N) is 3. The summed E-state index contributed by atoms with van der Waals surface area (Å²) in [5, 5.41) is 12.8. The van der Waals surface area contributed by atoms with E-state index in [0.717, 1.165) is 0 Å². The van der Waals surface area contributed by atoms with Gasteiger partial charge in [0.05, 0.1) is 5.75 Å². The molecule has 2 rings (SSSR count). The number of pyridine rings is 1. The second kappa shape index (κ2) is 5.40. The molecule has 6 nitrogen and oxygen atoms in total. The van der Waals surface area contributed by atoms with Gasteiger partial charge < -0.3 is 9.63 Å². The monoisotopic (exact) mass is 279 g/mol. The van der Waals surface area contributed by atoms with Gasteiger partial charge in [-0.3, -0.25) is 9.78 Å². The number of carbonyl (C=O) groups is 1. The molecule has 0 spiro atoms. The van der Waals surface area contributed by atoms with Gasteiger partial charge in [0.25, 0.3) is 0 Å². The first-order valence-electron chi connectivity index (χ1n) is 5.60. The maximum absolute atomic E-state index is 11.0. The molecule has 19 heavy (non-hydrogen) atoms. The Morgan fingerprint density at radius 1 is 1.47 bits per heavy atom. The van der Waals surface area contributed by atoms with Crippen LogP contribution in [0, 0.1) is 0 Å². The molecule has 100 valence electrons. The van der Waals surface area contributed by atoms with E-state index in [1.165, 1.54) is 11.8 Å². The lowest BCUT2D eigenvalue weighted by Gasteiger charge is -2.16. The highest BCUT2D eigenvalue weighted by Crippen LogP contribution is 2.28. The van der Waals surface area contributed by atoms with Crippen molar-refractivity contribution in [3.8, 4) is 11.5 Å². The predicted octanol–water partition coefficient (Wildman–Crippen LogP) is 2.23. The number of hydrogen-bond acceptors (Lipinski definition) is 6. The van der Waals surface area contributed by atoms with E-state index in [1.54, 1.807) is 32.2 Å². The SMILES string of the molecule is CC(C)(SCc1nc(-c2ccccn2)no1)C(=O)O. The summed E-state index contributed by atoms with van der Waals surface area (Å²) in [5.74, 6) is 0.269. The summed E-state index contributed by atoms with van der Waals surface area (Å²) in [4.78, 5) is 19.3. The van der Waals surface area contributed by atoms with Crippen LogP contribution in [-0.2, 0) is 10.5 Å². The second-order valence-electron chi connectivity index (χ2n) is 4.33. The zero-order chi connectivity index (χ0) is 13.9. The van der Waals surface area contributed by atoms with Crippen molar-refractivity contribution in [1.29, 1.82) is 0 Å².